The molecule has 0 aliphatic heterocycles. The molecule has 0 spiro atoms. The minimum Gasteiger partial charge on any atom is -0.391 e. The number of hydrogen-bond donors (Lipinski definition) is 2. The molecule has 20 heavy (non-hydrogen) atoms. The topological polar surface area (TPSA) is 45.1 Å². The predicted molar refractivity (Wildman–Crippen MR) is 81.3 cm³/mol. The molecular formula is C17H21N2O. The number of rotatable bonds is 8. The van der Waals surface area contributed by atoms with Gasteiger partial charge in [0.05, 0.1) is 6.10 Å². The van der Waals surface area contributed by atoms with Gasteiger partial charge in [-0.2, -0.15) is 0 Å². The van der Waals surface area contributed by atoms with Crippen molar-refractivity contribution in [3.63, 3.8) is 0 Å². The zero-order valence-electron chi connectivity index (χ0n) is 11.6. The number of pyridine rings is 1. The maximum atomic E-state index is 9.87. The van der Waals surface area contributed by atoms with Gasteiger partial charge in [0.15, 0.2) is 0 Å². The molecule has 0 bridgehead atoms. The van der Waals surface area contributed by atoms with Gasteiger partial charge in [0, 0.05) is 31.4 Å². The molecule has 0 saturated heterocycles. The van der Waals surface area contributed by atoms with Gasteiger partial charge in [-0.1, -0.05) is 36.4 Å². The van der Waals surface area contributed by atoms with Crippen molar-refractivity contribution in [1.29, 1.82) is 0 Å². The van der Waals surface area contributed by atoms with E-state index in [2.05, 4.69) is 22.4 Å². The fourth-order valence-electron chi connectivity index (χ4n) is 1.98. The lowest BCUT2D eigenvalue weighted by Gasteiger charge is -2.11. The smallest absolute Gasteiger partial charge is 0.0699 e. The molecule has 0 amide bonds. The third-order valence-corrected chi connectivity index (χ3v) is 3.11. The molecule has 3 nitrogen and oxygen atoms in total. The van der Waals surface area contributed by atoms with Crippen LogP contribution in [0.1, 0.15) is 11.3 Å². The van der Waals surface area contributed by atoms with Gasteiger partial charge in [-0.05, 0) is 30.5 Å². The van der Waals surface area contributed by atoms with Crippen molar-refractivity contribution in [3.8, 4) is 0 Å². The Hall–Kier alpha value is -1.71. The van der Waals surface area contributed by atoms with E-state index >= 15 is 0 Å². The van der Waals surface area contributed by atoms with Crippen molar-refractivity contribution >= 4 is 0 Å². The molecule has 0 aliphatic carbocycles. The highest BCUT2D eigenvalue weighted by atomic mass is 16.3. The van der Waals surface area contributed by atoms with Crippen molar-refractivity contribution in [2.24, 2.45) is 0 Å². The molecular weight excluding hydrogens is 248 g/mol. The second-order valence-electron chi connectivity index (χ2n) is 4.77. The molecule has 2 aromatic rings. The molecule has 1 aromatic carbocycles. The Kier molecular flexibility index (Phi) is 6.21. The van der Waals surface area contributed by atoms with E-state index in [1.807, 2.05) is 42.8 Å². The summed E-state index contributed by atoms with van der Waals surface area (Å²) in [6.07, 6.45) is 5.00. The summed E-state index contributed by atoms with van der Waals surface area (Å²) in [6, 6.07) is 16.1. The van der Waals surface area contributed by atoms with Gasteiger partial charge in [-0.3, -0.25) is 4.98 Å². The van der Waals surface area contributed by atoms with Crippen LogP contribution in [-0.2, 0) is 12.8 Å². The van der Waals surface area contributed by atoms with Crippen molar-refractivity contribution in [1.82, 2.24) is 10.3 Å². The number of aliphatic hydroxyl groups excluding tert-OH is 1. The van der Waals surface area contributed by atoms with Crippen LogP contribution in [-0.4, -0.2) is 29.3 Å². The Morgan fingerprint density at radius 3 is 2.65 bits per heavy atom. The highest BCUT2D eigenvalue weighted by Gasteiger charge is 2.04. The van der Waals surface area contributed by atoms with Gasteiger partial charge >= 0.3 is 0 Å². The fourth-order valence-corrected chi connectivity index (χ4v) is 1.98. The van der Waals surface area contributed by atoms with E-state index in [4.69, 9.17) is 0 Å². The molecule has 0 fully saturated rings. The van der Waals surface area contributed by atoms with Crippen LogP contribution >= 0.6 is 0 Å². The average molecular weight is 269 g/mol. The minimum absolute atomic E-state index is 0.418. The summed E-state index contributed by atoms with van der Waals surface area (Å²) in [5.74, 6) is 0. The van der Waals surface area contributed by atoms with Crippen LogP contribution in [0.15, 0.2) is 54.7 Å². The molecule has 105 valence electrons. The lowest BCUT2D eigenvalue weighted by molar-refractivity contribution is 0.201. The number of hydrogen-bond acceptors (Lipinski definition) is 3. The lowest BCUT2D eigenvalue weighted by atomic mass is 10.1. The number of aliphatic hydroxyl groups is 1. The van der Waals surface area contributed by atoms with Gasteiger partial charge in [-0.15, -0.1) is 0 Å². The first kappa shape index (κ1) is 14.7. The van der Waals surface area contributed by atoms with Crippen LogP contribution in [0.25, 0.3) is 0 Å². The van der Waals surface area contributed by atoms with E-state index in [9.17, 15) is 5.11 Å². The maximum absolute atomic E-state index is 9.87. The van der Waals surface area contributed by atoms with Crippen LogP contribution in [0.4, 0.5) is 0 Å². The molecule has 1 radical (unpaired) electrons. The maximum Gasteiger partial charge on any atom is 0.0699 e. The minimum atomic E-state index is -0.418. The molecule has 2 N–H and O–H groups in total. The van der Waals surface area contributed by atoms with E-state index in [-0.39, 0.29) is 0 Å². The first-order chi connectivity index (χ1) is 9.84. The van der Waals surface area contributed by atoms with E-state index in [0.29, 0.717) is 6.54 Å². The van der Waals surface area contributed by atoms with Crippen LogP contribution in [0, 0.1) is 6.42 Å². The molecule has 3 heteroatoms. The van der Waals surface area contributed by atoms with Gasteiger partial charge < -0.3 is 10.4 Å². The van der Waals surface area contributed by atoms with Crippen molar-refractivity contribution in [3.05, 3.63) is 72.4 Å². The summed E-state index contributed by atoms with van der Waals surface area (Å²) >= 11 is 0. The Balaban J connectivity index is 1.57. The lowest BCUT2D eigenvalue weighted by Crippen LogP contribution is -2.29. The number of benzene rings is 1. The van der Waals surface area contributed by atoms with Gasteiger partial charge in [0.2, 0.25) is 0 Å². The summed E-state index contributed by atoms with van der Waals surface area (Å²) in [5.41, 5.74) is 2.29. The molecule has 0 aliphatic rings. The summed E-state index contributed by atoms with van der Waals surface area (Å²) < 4.78 is 0. The second-order valence-corrected chi connectivity index (χ2v) is 4.77. The summed E-state index contributed by atoms with van der Waals surface area (Å²) in [6.45, 7) is 1.41. The van der Waals surface area contributed by atoms with Crippen LogP contribution in [0.3, 0.4) is 0 Å². The van der Waals surface area contributed by atoms with Gasteiger partial charge in [-0.25, -0.2) is 0 Å². The van der Waals surface area contributed by atoms with E-state index < -0.39 is 6.10 Å². The molecule has 1 aromatic heterocycles. The third-order valence-electron chi connectivity index (χ3n) is 3.11. The number of nitrogens with zero attached hydrogens (tertiary/aromatic N) is 1. The van der Waals surface area contributed by atoms with E-state index in [1.54, 1.807) is 6.20 Å². The van der Waals surface area contributed by atoms with Crippen molar-refractivity contribution < 1.29 is 5.11 Å². The Labute approximate surface area is 120 Å². The highest BCUT2D eigenvalue weighted by Crippen LogP contribution is 2.03. The first-order valence-corrected chi connectivity index (χ1v) is 7.00. The predicted octanol–water partition coefficient (Wildman–Crippen LogP) is 2.02. The van der Waals surface area contributed by atoms with Crippen molar-refractivity contribution in [2.75, 3.05) is 13.1 Å². The van der Waals surface area contributed by atoms with Gasteiger partial charge in [0.25, 0.3) is 0 Å². The standard InChI is InChI=1S/C17H21N2O/c20-17(10-9-15-6-2-1-3-7-15)14-18-13-11-16-8-4-5-12-19-16/h1-8,10,12,17-18,20H,9,11,13-14H2/t17-/m1/s1. The fraction of sp³-hybridized carbons (Fsp3) is 0.294. The highest BCUT2D eigenvalue weighted by molar-refractivity contribution is 5.16. The SMILES string of the molecule is O[C@H]([CH]Cc1ccccc1)CNCCc1ccccn1. The summed E-state index contributed by atoms with van der Waals surface area (Å²) in [5, 5.41) is 13.1. The number of nitrogens with one attached hydrogen (secondary N) is 1. The second kappa shape index (κ2) is 8.46. The molecule has 0 saturated carbocycles. The zero-order valence-corrected chi connectivity index (χ0v) is 11.6. The average Bonchev–Trinajstić information content (AvgIpc) is 2.52. The van der Waals surface area contributed by atoms with Crippen LogP contribution < -0.4 is 5.32 Å². The largest absolute Gasteiger partial charge is 0.391 e. The molecule has 2 rings (SSSR count). The zero-order chi connectivity index (χ0) is 14.0. The summed E-state index contributed by atoms with van der Waals surface area (Å²) in [4.78, 5) is 4.26. The van der Waals surface area contributed by atoms with Crippen LogP contribution in [0.5, 0.6) is 0 Å². The summed E-state index contributed by atoms with van der Waals surface area (Å²) in [7, 11) is 0. The molecule has 1 atom stereocenters. The first-order valence-electron chi connectivity index (χ1n) is 7.00. The van der Waals surface area contributed by atoms with Crippen molar-refractivity contribution in [2.45, 2.75) is 18.9 Å². The quantitative estimate of drug-likeness (QED) is 0.721. The van der Waals surface area contributed by atoms with Gasteiger partial charge in [0.1, 0.15) is 0 Å². The normalized spacial score (nSPS) is 12.2. The molecule has 1 heterocycles. The third kappa shape index (κ3) is 5.51. The van der Waals surface area contributed by atoms with E-state index in [0.717, 1.165) is 25.1 Å². The monoisotopic (exact) mass is 269 g/mol. The van der Waals surface area contributed by atoms with Crippen LogP contribution in [0.2, 0.25) is 0 Å². The Bertz CT molecular complexity index is 473. The molecule has 0 unspecified atom stereocenters. The Morgan fingerprint density at radius 2 is 1.90 bits per heavy atom. The Morgan fingerprint density at radius 1 is 1.10 bits per heavy atom. The number of aromatic nitrogens is 1. The van der Waals surface area contributed by atoms with E-state index in [1.165, 1.54) is 5.56 Å².